The predicted molar refractivity (Wildman–Crippen MR) is 68.0 cm³/mol. The van der Waals surface area contributed by atoms with Crippen molar-refractivity contribution in [1.82, 2.24) is 4.90 Å². The molecular formula is C13H15NO2S. The maximum atomic E-state index is 11.8. The summed E-state index contributed by atoms with van der Waals surface area (Å²) >= 11 is 1.77. The summed E-state index contributed by atoms with van der Waals surface area (Å²) in [6, 6.07) is 7.93. The number of carbonyl (C=O) groups excluding carboxylic acids is 2. The van der Waals surface area contributed by atoms with E-state index < -0.39 is 0 Å². The molecule has 3 nitrogen and oxygen atoms in total. The van der Waals surface area contributed by atoms with E-state index in [-0.39, 0.29) is 17.7 Å². The van der Waals surface area contributed by atoms with Gasteiger partial charge in [0.25, 0.3) is 0 Å². The van der Waals surface area contributed by atoms with Crippen molar-refractivity contribution in [1.29, 1.82) is 0 Å². The van der Waals surface area contributed by atoms with Crippen molar-refractivity contribution >= 4 is 23.6 Å². The highest BCUT2D eigenvalue weighted by molar-refractivity contribution is 7.99. The lowest BCUT2D eigenvalue weighted by atomic mass is 9.98. The Hall–Kier alpha value is -1.29. The van der Waals surface area contributed by atoms with Gasteiger partial charge < -0.3 is 0 Å². The van der Waals surface area contributed by atoms with Crippen LogP contribution < -0.4 is 0 Å². The van der Waals surface area contributed by atoms with Crippen molar-refractivity contribution in [3.05, 3.63) is 29.8 Å². The van der Waals surface area contributed by atoms with Gasteiger partial charge in [-0.3, -0.25) is 14.5 Å². The van der Waals surface area contributed by atoms with Gasteiger partial charge in [0.2, 0.25) is 11.8 Å². The van der Waals surface area contributed by atoms with Gasteiger partial charge in [-0.1, -0.05) is 19.1 Å². The van der Waals surface area contributed by atoms with Crippen LogP contribution in [0.25, 0.3) is 0 Å². The third-order valence-corrected chi connectivity index (χ3v) is 3.87. The molecule has 4 heteroatoms. The molecule has 1 saturated heterocycles. The number of likely N-dealkylation sites (tertiary alicyclic amines) is 1. The summed E-state index contributed by atoms with van der Waals surface area (Å²) in [5.74, 6) is 0.564. The van der Waals surface area contributed by atoms with Crippen LogP contribution in [-0.2, 0) is 9.59 Å². The number of nitrogens with zero attached hydrogens (tertiary/aromatic N) is 1. The first kappa shape index (κ1) is 12.2. The molecule has 0 bridgehead atoms. The molecule has 0 radical (unpaired) electrons. The molecule has 90 valence electrons. The van der Waals surface area contributed by atoms with Gasteiger partial charge in [-0.2, -0.15) is 0 Å². The predicted octanol–water partition coefficient (Wildman–Crippen LogP) is 2.27. The molecule has 17 heavy (non-hydrogen) atoms. The molecule has 1 heterocycles. The minimum Gasteiger partial charge on any atom is -0.285 e. The van der Waals surface area contributed by atoms with Gasteiger partial charge in [0.05, 0.1) is 5.92 Å². The largest absolute Gasteiger partial charge is 0.285 e. The van der Waals surface area contributed by atoms with Crippen LogP contribution in [0, 0.1) is 0 Å². The van der Waals surface area contributed by atoms with Gasteiger partial charge >= 0.3 is 0 Å². The molecule has 1 aliphatic heterocycles. The monoisotopic (exact) mass is 249 g/mol. The molecule has 1 aromatic carbocycles. The first-order valence-corrected chi connectivity index (χ1v) is 6.65. The molecule has 1 unspecified atom stereocenters. The Balaban J connectivity index is 2.18. The normalized spacial score (nSPS) is 20.1. The zero-order chi connectivity index (χ0) is 12.4. The van der Waals surface area contributed by atoms with E-state index in [9.17, 15) is 9.59 Å². The molecule has 0 spiro atoms. The number of amides is 2. The molecule has 1 aromatic rings. The Labute approximate surface area is 105 Å². The quantitative estimate of drug-likeness (QED) is 0.609. The van der Waals surface area contributed by atoms with E-state index in [0.717, 1.165) is 11.3 Å². The SMILES string of the molecule is CCSc1ccc(C2CC(=O)N(C)C2=O)cc1. The Morgan fingerprint density at radius 1 is 1.29 bits per heavy atom. The van der Waals surface area contributed by atoms with Gasteiger partial charge in [0.1, 0.15) is 0 Å². The Kier molecular flexibility index (Phi) is 3.52. The van der Waals surface area contributed by atoms with Crippen LogP contribution in [0.2, 0.25) is 0 Å². The minimum atomic E-state index is -0.284. The Bertz CT molecular complexity index is 441. The summed E-state index contributed by atoms with van der Waals surface area (Å²) in [5.41, 5.74) is 0.938. The van der Waals surface area contributed by atoms with Crippen LogP contribution in [0.15, 0.2) is 29.2 Å². The molecule has 1 fully saturated rings. The Morgan fingerprint density at radius 3 is 2.41 bits per heavy atom. The number of benzene rings is 1. The molecule has 0 N–H and O–H groups in total. The number of hydrogen-bond acceptors (Lipinski definition) is 3. The van der Waals surface area contributed by atoms with Crippen molar-refractivity contribution in [3.8, 4) is 0 Å². The first-order valence-electron chi connectivity index (χ1n) is 5.66. The van der Waals surface area contributed by atoms with Crippen LogP contribution in [-0.4, -0.2) is 29.5 Å². The van der Waals surface area contributed by atoms with Crippen molar-refractivity contribution in [2.45, 2.75) is 24.2 Å². The molecule has 0 aromatic heterocycles. The summed E-state index contributed by atoms with van der Waals surface area (Å²) in [6.45, 7) is 2.10. The van der Waals surface area contributed by atoms with Crippen LogP contribution in [0.5, 0.6) is 0 Å². The van der Waals surface area contributed by atoms with E-state index >= 15 is 0 Å². The number of imide groups is 1. The minimum absolute atomic E-state index is 0.0907. The van der Waals surface area contributed by atoms with Gasteiger partial charge in [0, 0.05) is 18.4 Å². The lowest BCUT2D eigenvalue weighted by Crippen LogP contribution is -2.25. The second-order valence-corrected chi connectivity index (χ2v) is 5.39. The standard InChI is InChI=1S/C13H15NO2S/c1-3-17-10-6-4-9(5-7-10)11-8-12(15)14(2)13(11)16/h4-7,11H,3,8H2,1-2H3. The maximum Gasteiger partial charge on any atom is 0.236 e. The van der Waals surface area contributed by atoms with Gasteiger partial charge in [-0.05, 0) is 23.4 Å². The van der Waals surface area contributed by atoms with E-state index in [1.165, 1.54) is 9.80 Å². The number of hydrogen-bond donors (Lipinski definition) is 0. The molecule has 2 rings (SSSR count). The average molecular weight is 249 g/mol. The average Bonchev–Trinajstić information content (AvgIpc) is 2.59. The van der Waals surface area contributed by atoms with Crippen LogP contribution >= 0.6 is 11.8 Å². The van der Waals surface area contributed by atoms with Gasteiger partial charge in [0.15, 0.2) is 0 Å². The van der Waals surface area contributed by atoms with Crippen molar-refractivity contribution in [2.24, 2.45) is 0 Å². The molecule has 2 amide bonds. The zero-order valence-corrected chi connectivity index (χ0v) is 10.8. The summed E-state index contributed by atoms with van der Waals surface area (Å²) in [7, 11) is 1.55. The smallest absolute Gasteiger partial charge is 0.236 e. The highest BCUT2D eigenvalue weighted by atomic mass is 32.2. The van der Waals surface area contributed by atoms with Crippen molar-refractivity contribution in [3.63, 3.8) is 0 Å². The van der Waals surface area contributed by atoms with Crippen LogP contribution in [0.3, 0.4) is 0 Å². The molecule has 1 atom stereocenters. The third kappa shape index (κ3) is 2.36. The van der Waals surface area contributed by atoms with E-state index in [0.29, 0.717) is 6.42 Å². The van der Waals surface area contributed by atoms with E-state index in [2.05, 4.69) is 6.92 Å². The second-order valence-electron chi connectivity index (χ2n) is 4.05. The fraction of sp³-hybridized carbons (Fsp3) is 0.385. The fourth-order valence-corrected chi connectivity index (χ4v) is 2.64. The Morgan fingerprint density at radius 2 is 1.94 bits per heavy atom. The van der Waals surface area contributed by atoms with E-state index in [1.54, 1.807) is 18.8 Å². The molecule has 0 saturated carbocycles. The number of carbonyl (C=O) groups is 2. The summed E-state index contributed by atoms with van der Waals surface area (Å²) in [6.07, 6.45) is 0.301. The first-order chi connectivity index (χ1) is 8.13. The summed E-state index contributed by atoms with van der Waals surface area (Å²) in [4.78, 5) is 25.7. The van der Waals surface area contributed by atoms with Crippen molar-refractivity contribution < 1.29 is 9.59 Å². The summed E-state index contributed by atoms with van der Waals surface area (Å²) < 4.78 is 0. The molecule has 0 aliphatic carbocycles. The second kappa shape index (κ2) is 4.92. The topological polar surface area (TPSA) is 37.4 Å². The van der Waals surface area contributed by atoms with Gasteiger partial charge in [-0.25, -0.2) is 0 Å². The summed E-state index contributed by atoms with van der Waals surface area (Å²) in [5, 5.41) is 0. The van der Waals surface area contributed by atoms with Gasteiger partial charge in [-0.15, -0.1) is 11.8 Å². The van der Waals surface area contributed by atoms with E-state index in [4.69, 9.17) is 0 Å². The maximum absolute atomic E-state index is 11.8. The number of thioether (sulfide) groups is 1. The lowest BCUT2D eigenvalue weighted by molar-refractivity contribution is -0.137. The number of rotatable bonds is 3. The highest BCUT2D eigenvalue weighted by Gasteiger charge is 2.36. The molecular weight excluding hydrogens is 234 g/mol. The van der Waals surface area contributed by atoms with Crippen LogP contribution in [0.4, 0.5) is 0 Å². The molecule has 1 aliphatic rings. The number of likely N-dealkylation sites (N-methyl/N-ethyl adjacent to an activating group) is 1. The third-order valence-electron chi connectivity index (χ3n) is 2.97. The fourth-order valence-electron chi connectivity index (χ4n) is 1.98. The lowest BCUT2D eigenvalue weighted by Gasteiger charge is -2.09. The zero-order valence-electron chi connectivity index (χ0n) is 9.97. The van der Waals surface area contributed by atoms with Crippen LogP contribution in [0.1, 0.15) is 24.8 Å². The van der Waals surface area contributed by atoms with E-state index in [1.807, 2.05) is 24.3 Å². The van der Waals surface area contributed by atoms with Crippen molar-refractivity contribution in [2.75, 3.05) is 12.8 Å². The highest BCUT2D eigenvalue weighted by Crippen LogP contribution is 2.30.